The van der Waals surface area contributed by atoms with Crippen LogP contribution in [-0.2, 0) is 17.1 Å². The second-order valence-electron chi connectivity index (χ2n) is 4.01. The third-order valence-electron chi connectivity index (χ3n) is 2.69. The Labute approximate surface area is 119 Å². The molecule has 0 bridgehead atoms. The van der Waals surface area contributed by atoms with E-state index in [1.54, 1.807) is 38.2 Å². The van der Waals surface area contributed by atoms with E-state index < -0.39 is 10.0 Å². The highest BCUT2D eigenvalue weighted by Crippen LogP contribution is 2.27. The number of anilines is 2. The molecule has 1 aromatic heterocycles. The number of para-hydroxylation sites is 1. The predicted molar refractivity (Wildman–Crippen MR) is 77.3 cm³/mol. The lowest BCUT2D eigenvalue weighted by molar-refractivity contribution is 0.600. The van der Waals surface area contributed by atoms with Crippen LogP contribution in [0.4, 0.5) is 11.5 Å². The summed E-state index contributed by atoms with van der Waals surface area (Å²) in [5.41, 5.74) is 6.59. The van der Waals surface area contributed by atoms with Crippen LogP contribution in [-0.4, -0.2) is 18.2 Å². The Morgan fingerprint density at radius 2 is 2.00 bits per heavy atom. The summed E-state index contributed by atoms with van der Waals surface area (Å²) < 4.78 is 29.3. The van der Waals surface area contributed by atoms with Gasteiger partial charge < -0.3 is 5.73 Å². The van der Waals surface area contributed by atoms with E-state index in [1.807, 2.05) is 0 Å². The number of sulfonamides is 1. The third kappa shape index (κ3) is 2.59. The fourth-order valence-electron chi connectivity index (χ4n) is 1.69. The first kappa shape index (κ1) is 13.9. The van der Waals surface area contributed by atoms with Crippen molar-refractivity contribution in [2.45, 2.75) is 11.8 Å². The molecule has 1 aromatic carbocycles. The van der Waals surface area contributed by atoms with Crippen LogP contribution in [0, 0.1) is 6.92 Å². The number of halogens is 1. The predicted octanol–water partition coefficient (Wildman–Crippen LogP) is 1.87. The van der Waals surface area contributed by atoms with Gasteiger partial charge in [0.2, 0.25) is 0 Å². The van der Waals surface area contributed by atoms with E-state index in [-0.39, 0.29) is 10.7 Å². The molecule has 0 aliphatic heterocycles. The maximum absolute atomic E-state index is 12.3. The summed E-state index contributed by atoms with van der Waals surface area (Å²) in [5.74, 6) is -0.0143. The Morgan fingerprint density at radius 3 is 2.53 bits per heavy atom. The summed E-state index contributed by atoms with van der Waals surface area (Å²) in [7, 11) is -2.12. The highest BCUT2D eigenvalue weighted by molar-refractivity contribution is 9.10. The monoisotopic (exact) mass is 344 g/mol. The van der Waals surface area contributed by atoms with E-state index in [0.717, 1.165) is 0 Å². The number of benzene rings is 1. The van der Waals surface area contributed by atoms with Gasteiger partial charge in [0.1, 0.15) is 0 Å². The summed E-state index contributed by atoms with van der Waals surface area (Å²) in [6.07, 6.45) is 0. The Bertz CT molecular complexity index is 724. The number of nitrogens with two attached hydrogens (primary N) is 1. The molecule has 2 aromatic rings. The molecule has 0 fully saturated rings. The fourth-order valence-corrected chi connectivity index (χ4v) is 3.61. The maximum atomic E-state index is 12.3. The molecule has 0 amide bonds. The van der Waals surface area contributed by atoms with Gasteiger partial charge in [-0.2, -0.15) is 5.10 Å². The largest absolute Gasteiger partial charge is 0.381 e. The lowest BCUT2D eigenvalue weighted by Crippen LogP contribution is -2.15. The lowest BCUT2D eigenvalue weighted by Gasteiger charge is -2.09. The number of aromatic nitrogens is 2. The van der Waals surface area contributed by atoms with Crippen molar-refractivity contribution in [3.05, 3.63) is 34.4 Å². The summed E-state index contributed by atoms with van der Waals surface area (Å²) >= 11 is 3.28. The molecular formula is C11H13BrN4O2S. The van der Waals surface area contributed by atoms with Gasteiger partial charge in [-0.05, 0) is 35.0 Å². The quantitative estimate of drug-likeness (QED) is 0.889. The molecule has 3 N–H and O–H groups in total. The SMILES string of the molecule is Cc1c(S(=O)(=O)Nc2ccccc2Br)c(N)nn1C. The van der Waals surface area contributed by atoms with Gasteiger partial charge in [0.05, 0.1) is 11.4 Å². The van der Waals surface area contributed by atoms with Gasteiger partial charge in [-0.3, -0.25) is 9.40 Å². The summed E-state index contributed by atoms with van der Waals surface area (Å²) in [6.45, 7) is 1.65. The zero-order chi connectivity index (χ0) is 14.2. The van der Waals surface area contributed by atoms with Crippen LogP contribution in [0.5, 0.6) is 0 Å². The molecule has 19 heavy (non-hydrogen) atoms. The molecule has 0 atom stereocenters. The number of hydrogen-bond donors (Lipinski definition) is 2. The minimum absolute atomic E-state index is 0.00533. The fraction of sp³-hybridized carbons (Fsp3) is 0.182. The molecule has 1 heterocycles. The number of nitrogens with zero attached hydrogens (tertiary/aromatic N) is 2. The van der Waals surface area contributed by atoms with Gasteiger partial charge in [-0.25, -0.2) is 8.42 Å². The van der Waals surface area contributed by atoms with E-state index in [4.69, 9.17) is 5.73 Å². The van der Waals surface area contributed by atoms with Crippen LogP contribution in [0.25, 0.3) is 0 Å². The van der Waals surface area contributed by atoms with Gasteiger partial charge in [0.25, 0.3) is 10.0 Å². The van der Waals surface area contributed by atoms with Crippen LogP contribution in [0.1, 0.15) is 5.69 Å². The topological polar surface area (TPSA) is 90.0 Å². The standard InChI is InChI=1S/C11H13BrN4O2S/c1-7-10(11(13)14-16(7)2)19(17,18)15-9-6-4-3-5-8(9)12/h3-6,15H,1-2H3,(H2,13,14). The van der Waals surface area contributed by atoms with E-state index in [1.165, 1.54) is 4.68 Å². The van der Waals surface area contributed by atoms with Crippen molar-refractivity contribution in [1.82, 2.24) is 9.78 Å². The number of nitrogens with one attached hydrogen (secondary N) is 1. The number of rotatable bonds is 3. The van der Waals surface area contributed by atoms with Gasteiger partial charge in [0.15, 0.2) is 10.7 Å². The first-order valence-corrected chi connectivity index (χ1v) is 7.67. The van der Waals surface area contributed by atoms with Crippen molar-refractivity contribution in [3.8, 4) is 0 Å². The number of nitrogen functional groups attached to an aromatic ring is 1. The molecule has 0 saturated carbocycles. The molecule has 2 rings (SSSR count). The number of hydrogen-bond acceptors (Lipinski definition) is 4. The Balaban J connectivity index is 2.47. The smallest absolute Gasteiger partial charge is 0.267 e. The second-order valence-corrected chi connectivity index (χ2v) is 6.48. The van der Waals surface area contributed by atoms with Crippen molar-refractivity contribution in [3.63, 3.8) is 0 Å². The van der Waals surface area contributed by atoms with Gasteiger partial charge in [-0.1, -0.05) is 12.1 Å². The van der Waals surface area contributed by atoms with Gasteiger partial charge in [-0.15, -0.1) is 0 Å². The van der Waals surface area contributed by atoms with Crippen LogP contribution in [0.15, 0.2) is 33.6 Å². The third-order valence-corrected chi connectivity index (χ3v) is 4.91. The minimum atomic E-state index is -3.76. The van der Waals surface area contributed by atoms with Crippen molar-refractivity contribution >= 4 is 37.5 Å². The van der Waals surface area contributed by atoms with Crippen LogP contribution in [0.2, 0.25) is 0 Å². The summed E-state index contributed by atoms with van der Waals surface area (Å²) in [5, 5.41) is 3.90. The molecule has 0 radical (unpaired) electrons. The van der Waals surface area contributed by atoms with Crippen molar-refractivity contribution in [2.75, 3.05) is 10.5 Å². The lowest BCUT2D eigenvalue weighted by atomic mass is 10.3. The van der Waals surface area contributed by atoms with Crippen LogP contribution in [0.3, 0.4) is 0 Å². The normalized spacial score (nSPS) is 11.5. The molecule has 0 saturated heterocycles. The Morgan fingerprint density at radius 1 is 1.37 bits per heavy atom. The molecule has 8 heteroatoms. The molecule has 102 valence electrons. The highest BCUT2D eigenvalue weighted by atomic mass is 79.9. The molecule has 0 unspecified atom stereocenters. The zero-order valence-corrected chi connectivity index (χ0v) is 12.8. The van der Waals surface area contributed by atoms with E-state index in [0.29, 0.717) is 15.9 Å². The van der Waals surface area contributed by atoms with Crippen molar-refractivity contribution < 1.29 is 8.42 Å². The molecule has 6 nitrogen and oxygen atoms in total. The molecule has 0 spiro atoms. The summed E-state index contributed by atoms with van der Waals surface area (Å²) in [4.78, 5) is 0.00533. The zero-order valence-electron chi connectivity index (χ0n) is 10.4. The average molecular weight is 345 g/mol. The molecule has 0 aliphatic carbocycles. The highest BCUT2D eigenvalue weighted by Gasteiger charge is 2.25. The van der Waals surface area contributed by atoms with Gasteiger partial charge in [0, 0.05) is 11.5 Å². The molecular weight excluding hydrogens is 332 g/mol. The van der Waals surface area contributed by atoms with Gasteiger partial charge >= 0.3 is 0 Å². The maximum Gasteiger partial charge on any atom is 0.267 e. The van der Waals surface area contributed by atoms with E-state index >= 15 is 0 Å². The summed E-state index contributed by atoms with van der Waals surface area (Å²) in [6, 6.07) is 6.94. The van der Waals surface area contributed by atoms with Crippen LogP contribution >= 0.6 is 15.9 Å². The first-order valence-electron chi connectivity index (χ1n) is 5.39. The minimum Gasteiger partial charge on any atom is -0.381 e. The van der Waals surface area contributed by atoms with E-state index in [2.05, 4.69) is 25.8 Å². The Hall–Kier alpha value is -1.54. The first-order chi connectivity index (χ1) is 8.83. The average Bonchev–Trinajstić information content (AvgIpc) is 2.56. The number of aryl methyl sites for hydroxylation is 1. The van der Waals surface area contributed by atoms with E-state index in [9.17, 15) is 8.42 Å². The van der Waals surface area contributed by atoms with Crippen LogP contribution < -0.4 is 10.5 Å². The van der Waals surface area contributed by atoms with Crippen molar-refractivity contribution in [2.24, 2.45) is 7.05 Å². The second kappa shape index (κ2) is 4.86. The van der Waals surface area contributed by atoms with Crippen molar-refractivity contribution in [1.29, 1.82) is 0 Å². The molecule has 0 aliphatic rings. The Kier molecular flexibility index (Phi) is 3.55.